The Morgan fingerprint density at radius 3 is 2.54 bits per heavy atom. The molecule has 13 heavy (non-hydrogen) atoms. The summed E-state index contributed by atoms with van der Waals surface area (Å²) >= 11 is 0. The predicted octanol–water partition coefficient (Wildman–Crippen LogP) is 0.968. The van der Waals surface area contributed by atoms with Gasteiger partial charge in [0.2, 0.25) is 0 Å². The number of carbonyl (C=O) groups is 1. The molecule has 0 atom stereocenters. The predicted molar refractivity (Wildman–Crippen MR) is 49.2 cm³/mol. The number of hydrogen-bond acceptors (Lipinski definition) is 2. The van der Waals surface area contributed by atoms with Crippen molar-refractivity contribution in [1.82, 2.24) is 5.32 Å². The highest BCUT2D eigenvalue weighted by atomic mass is 19.1. The number of nitrogens with two attached hydrogens (primary N) is 1. The number of hydrogen-bond donors (Lipinski definition) is 2. The van der Waals surface area contributed by atoms with Crippen molar-refractivity contribution in [2.45, 2.75) is 0 Å². The van der Waals surface area contributed by atoms with Crippen LogP contribution in [0.2, 0.25) is 0 Å². The summed E-state index contributed by atoms with van der Waals surface area (Å²) in [5.41, 5.74) is 6.52. The quantitative estimate of drug-likeness (QED) is 0.684. The van der Waals surface area contributed by atoms with Gasteiger partial charge in [0.05, 0.1) is 0 Å². The smallest absolute Gasteiger partial charge is 0.251 e. The SMILES string of the molecule is Nc1ccc(C(=O)NCCF)cc1. The van der Waals surface area contributed by atoms with Gasteiger partial charge in [0.15, 0.2) is 0 Å². The Balaban J connectivity index is 2.61. The molecular weight excluding hydrogens is 171 g/mol. The van der Waals surface area contributed by atoms with E-state index in [1.54, 1.807) is 24.3 Å². The molecule has 1 aromatic rings. The summed E-state index contributed by atoms with van der Waals surface area (Å²) in [6.07, 6.45) is 0. The van der Waals surface area contributed by atoms with Crippen LogP contribution in [0.15, 0.2) is 24.3 Å². The largest absolute Gasteiger partial charge is 0.399 e. The first-order valence-electron chi connectivity index (χ1n) is 3.93. The number of benzene rings is 1. The molecular formula is C9H11FN2O. The zero-order chi connectivity index (χ0) is 9.68. The minimum absolute atomic E-state index is 0.0449. The van der Waals surface area contributed by atoms with Gasteiger partial charge in [0, 0.05) is 17.8 Å². The third-order valence-electron chi connectivity index (χ3n) is 1.55. The average Bonchev–Trinajstić information content (AvgIpc) is 2.15. The zero-order valence-corrected chi connectivity index (χ0v) is 7.09. The first kappa shape index (κ1) is 9.51. The summed E-state index contributed by atoms with van der Waals surface area (Å²) in [5, 5.41) is 2.41. The Hall–Kier alpha value is -1.58. The van der Waals surface area contributed by atoms with E-state index in [1.807, 2.05) is 0 Å². The highest BCUT2D eigenvalue weighted by Crippen LogP contribution is 2.04. The van der Waals surface area contributed by atoms with Gasteiger partial charge in [0.1, 0.15) is 6.67 Å². The molecule has 3 nitrogen and oxygen atoms in total. The van der Waals surface area contributed by atoms with Crippen molar-refractivity contribution in [3.8, 4) is 0 Å². The van der Waals surface area contributed by atoms with E-state index < -0.39 is 6.67 Å². The fourth-order valence-corrected chi connectivity index (χ4v) is 0.897. The van der Waals surface area contributed by atoms with Gasteiger partial charge in [-0.15, -0.1) is 0 Å². The van der Waals surface area contributed by atoms with Crippen molar-refractivity contribution in [2.75, 3.05) is 19.0 Å². The van der Waals surface area contributed by atoms with Crippen molar-refractivity contribution >= 4 is 11.6 Å². The minimum atomic E-state index is -0.555. The minimum Gasteiger partial charge on any atom is -0.399 e. The number of rotatable bonds is 3. The van der Waals surface area contributed by atoms with Gasteiger partial charge < -0.3 is 11.1 Å². The van der Waals surface area contributed by atoms with Gasteiger partial charge in [-0.1, -0.05) is 0 Å². The molecule has 0 radical (unpaired) electrons. The summed E-state index contributed by atoms with van der Waals surface area (Å²) in [4.78, 5) is 11.2. The second-order valence-electron chi connectivity index (χ2n) is 2.57. The fourth-order valence-electron chi connectivity index (χ4n) is 0.897. The Morgan fingerprint density at radius 1 is 1.38 bits per heavy atom. The molecule has 70 valence electrons. The molecule has 1 amide bonds. The summed E-state index contributed by atoms with van der Waals surface area (Å²) < 4.78 is 11.7. The number of nitrogen functional groups attached to an aromatic ring is 1. The van der Waals surface area contributed by atoms with Crippen LogP contribution in [0.4, 0.5) is 10.1 Å². The molecule has 3 N–H and O–H groups in total. The molecule has 0 aromatic heterocycles. The highest BCUT2D eigenvalue weighted by Gasteiger charge is 2.02. The van der Waals surface area contributed by atoms with Crippen LogP contribution in [0.1, 0.15) is 10.4 Å². The van der Waals surface area contributed by atoms with Gasteiger partial charge in [-0.2, -0.15) is 0 Å². The van der Waals surface area contributed by atoms with E-state index in [2.05, 4.69) is 5.32 Å². The molecule has 0 spiro atoms. The lowest BCUT2D eigenvalue weighted by molar-refractivity contribution is 0.0951. The van der Waals surface area contributed by atoms with E-state index in [-0.39, 0.29) is 12.5 Å². The number of anilines is 1. The number of halogens is 1. The third-order valence-corrected chi connectivity index (χ3v) is 1.55. The van der Waals surface area contributed by atoms with Crippen LogP contribution in [0.25, 0.3) is 0 Å². The van der Waals surface area contributed by atoms with E-state index in [0.29, 0.717) is 11.3 Å². The van der Waals surface area contributed by atoms with Crippen molar-refractivity contribution in [3.05, 3.63) is 29.8 Å². The first-order valence-corrected chi connectivity index (χ1v) is 3.93. The Bertz CT molecular complexity index is 284. The Labute approximate surface area is 75.7 Å². The zero-order valence-electron chi connectivity index (χ0n) is 7.09. The lowest BCUT2D eigenvalue weighted by Crippen LogP contribution is -2.25. The van der Waals surface area contributed by atoms with Gasteiger partial charge in [-0.25, -0.2) is 4.39 Å². The third kappa shape index (κ3) is 2.74. The molecule has 4 heteroatoms. The molecule has 0 aliphatic carbocycles. The van der Waals surface area contributed by atoms with Crippen molar-refractivity contribution in [1.29, 1.82) is 0 Å². The van der Waals surface area contributed by atoms with Crippen LogP contribution in [0.5, 0.6) is 0 Å². The maximum Gasteiger partial charge on any atom is 0.251 e. The second-order valence-corrected chi connectivity index (χ2v) is 2.57. The molecule has 0 saturated heterocycles. The van der Waals surface area contributed by atoms with Gasteiger partial charge in [0.25, 0.3) is 5.91 Å². The molecule has 0 unspecified atom stereocenters. The first-order chi connectivity index (χ1) is 6.24. The van der Waals surface area contributed by atoms with Crippen LogP contribution in [-0.4, -0.2) is 19.1 Å². The maximum absolute atomic E-state index is 11.7. The van der Waals surface area contributed by atoms with Gasteiger partial charge in [-0.05, 0) is 24.3 Å². The lowest BCUT2D eigenvalue weighted by Gasteiger charge is -2.02. The lowest BCUT2D eigenvalue weighted by atomic mass is 10.2. The molecule has 0 aliphatic rings. The molecule has 1 aromatic carbocycles. The van der Waals surface area contributed by atoms with Crippen LogP contribution < -0.4 is 11.1 Å². The van der Waals surface area contributed by atoms with Crippen molar-refractivity contribution in [2.24, 2.45) is 0 Å². The molecule has 0 fully saturated rings. The van der Waals surface area contributed by atoms with Crippen molar-refractivity contribution in [3.63, 3.8) is 0 Å². The molecule has 1 rings (SSSR count). The Morgan fingerprint density at radius 2 is 2.00 bits per heavy atom. The van der Waals surface area contributed by atoms with Crippen LogP contribution >= 0.6 is 0 Å². The fraction of sp³-hybridized carbons (Fsp3) is 0.222. The van der Waals surface area contributed by atoms with Gasteiger partial charge in [-0.3, -0.25) is 4.79 Å². The second kappa shape index (κ2) is 4.45. The summed E-state index contributed by atoms with van der Waals surface area (Å²) in [5.74, 6) is -0.280. The van der Waals surface area contributed by atoms with E-state index >= 15 is 0 Å². The number of amides is 1. The summed E-state index contributed by atoms with van der Waals surface area (Å²) in [7, 11) is 0. The number of alkyl halides is 1. The summed E-state index contributed by atoms with van der Waals surface area (Å²) in [6.45, 7) is -0.510. The topological polar surface area (TPSA) is 55.1 Å². The van der Waals surface area contributed by atoms with E-state index in [9.17, 15) is 9.18 Å². The van der Waals surface area contributed by atoms with E-state index in [4.69, 9.17) is 5.73 Å². The highest BCUT2D eigenvalue weighted by molar-refractivity contribution is 5.94. The normalized spacial score (nSPS) is 9.62. The monoisotopic (exact) mass is 182 g/mol. The van der Waals surface area contributed by atoms with Crippen LogP contribution in [-0.2, 0) is 0 Å². The number of nitrogens with one attached hydrogen (secondary N) is 1. The van der Waals surface area contributed by atoms with Crippen LogP contribution in [0, 0.1) is 0 Å². The van der Waals surface area contributed by atoms with Crippen LogP contribution in [0.3, 0.4) is 0 Å². The molecule has 0 heterocycles. The van der Waals surface area contributed by atoms with E-state index in [1.165, 1.54) is 0 Å². The van der Waals surface area contributed by atoms with Gasteiger partial charge >= 0.3 is 0 Å². The maximum atomic E-state index is 11.7. The average molecular weight is 182 g/mol. The molecule has 0 aliphatic heterocycles. The molecule has 0 bridgehead atoms. The standard InChI is InChI=1S/C9H11FN2O/c10-5-6-12-9(13)7-1-3-8(11)4-2-7/h1-4H,5-6,11H2,(H,12,13). The summed E-state index contributed by atoms with van der Waals surface area (Å²) in [6, 6.07) is 6.46. The Kier molecular flexibility index (Phi) is 3.25. The number of carbonyl (C=O) groups excluding carboxylic acids is 1. The van der Waals surface area contributed by atoms with E-state index in [0.717, 1.165) is 0 Å². The molecule has 0 saturated carbocycles. The van der Waals surface area contributed by atoms with Crippen molar-refractivity contribution < 1.29 is 9.18 Å².